The van der Waals surface area contributed by atoms with Crippen molar-refractivity contribution in [1.29, 1.82) is 0 Å². The summed E-state index contributed by atoms with van der Waals surface area (Å²) in [5, 5.41) is 0. The molecule has 0 fully saturated rings. The van der Waals surface area contributed by atoms with Crippen LogP contribution in [-0.2, 0) is 9.53 Å². The zero-order valence-electron chi connectivity index (χ0n) is 11.1. The first kappa shape index (κ1) is 16.7. The molecule has 1 aromatic carbocycles. The SMILES string of the molecule is COC(=O)C(N)c1ccccc1OC(C)(C)C.Cl. The molecule has 1 atom stereocenters. The molecule has 4 nitrogen and oxygen atoms in total. The monoisotopic (exact) mass is 273 g/mol. The van der Waals surface area contributed by atoms with Gasteiger partial charge in [0.05, 0.1) is 7.11 Å². The molecular formula is C13H20ClNO3. The minimum absolute atomic E-state index is 0. The standard InChI is InChI=1S/C13H19NO3.ClH/c1-13(2,3)17-10-8-6-5-7-9(10)11(14)12(15)16-4;/h5-8,11H,14H2,1-4H3;1H. The minimum Gasteiger partial charge on any atom is -0.488 e. The van der Waals surface area contributed by atoms with Gasteiger partial charge in [-0.25, -0.2) is 0 Å². The number of halogens is 1. The second-order valence-electron chi connectivity index (χ2n) is 4.75. The van der Waals surface area contributed by atoms with Gasteiger partial charge in [0.15, 0.2) is 0 Å². The number of rotatable bonds is 3. The largest absolute Gasteiger partial charge is 0.488 e. The van der Waals surface area contributed by atoms with Gasteiger partial charge in [0.25, 0.3) is 0 Å². The van der Waals surface area contributed by atoms with Crippen LogP contribution >= 0.6 is 12.4 Å². The number of nitrogens with two attached hydrogens (primary N) is 1. The highest BCUT2D eigenvalue weighted by Crippen LogP contribution is 2.27. The average molecular weight is 274 g/mol. The molecule has 5 heteroatoms. The first-order valence-corrected chi connectivity index (χ1v) is 5.46. The Morgan fingerprint density at radius 2 is 1.83 bits per heavy atom. The first-order valence-electron chi connectivity index (χ1n) is 5.46. The second kappa shape index (κ2) is 6.61. The lowest BCUT2D eigenvalue weighted by atomic mass is 10.1. The van der Waals surface area contributed by atoms with E-state index in [-0.39, 0.29) is 18.0 Å². The molecule has 1 aromatic rings. The maximum atomic E-state index is 11.4. The Labute approximate surface area is 114 Å². The lowest BCUT2D eigenvalue weighted by Gasteiger charge is -2.24. The molecule has 102 valence electrons. The van der Waals surface area contributed by atoms with Gasteiger partial charge in [-0.2, -0.15) is 0 Å². The van der Waals surface area contributed by atoms with Crippen LogP contribution in [0.3, 0.4) is 0 Å². The molecule has 0 saturated carbocycles. The fourth-order valence-electron chi connectivity index (χ4n) is 1.41. The number of ether oxygens (including phenoxy) is 2. The predicted molar refractivity (Wildman–Crippen MR) is 73.0 cm³/mol. The number of carbonyl (C=O) groups excluding carboxylic acids is 1. The van der Waals surface area contributed by atoms with Crippen molar-refractivity contribution in [1.82, 2.24) is 0 Å². The van der Waals surface area contributed by atoms with E-state index in [9.17, 15) is 4.79 Å². The molecule has 2 N–H and O–H groups in total. The third-order valence-electron chi connectivity index (χ3n) is 2.13. The van der Waals surface area contributed by atoms with Crippen molar-refractivity contribution in [2.24, 2.45) is 5.73 Å². The van der Waals surface area contributed by atoms with Crippen LogP contribution in [0.25, 0.3) is 0 Å². The summed E-state index contributed by atoms with van der Waals surface area (Å²) in [6.45, 7) is 5.81. The third kappa shape index (κ3) is 4.55. The van der Waals surface area contributed by atoms with Crippen LogP contribution in [-0.4, -0.2) is 18.7 Å². The normalized spacial score (nSPS) is 12.3. The lowest BCUT2D eigenvalue weighted by molar-refractivity contribution is -0.142. The summed E-state index contributed by atoms with van der Waals surface area (Å²) in [4.78, 5) is 11.4. The Morgan fingerprint density at radius 1 is 1.28 bits per heavy atom. The molecule has 1 rings (SSSR count). The summed E-state index contributed by atoms with van der Waals surface area (Å²) in [5.41, 5.74) is 6.11. The van der Waals surface area contributed by atoms with Gasteiger partial charge >= 0.3 is 5.97 Å². The van der Waals surface area contributed by atoms with E-state index in [0.717, 1.165) is 0 Å². The van der Waals surface area contributed by atoms with E-state index in [2.05, 4.69) is 4.74 Å². The molecule has 0 aliphatic heterocycles. The Morgan fingerprint density at radius 3 is 2.33 bits per heavy atom. The lowest BCUT2D eigenvalue weighted by Crippen LogP contribution is -2.27. The number of carbonyl (C=O) groups is 1. The molecule has 1 unspecified atom stereocenters. The van der Waals surface area contributed by atoms with E-state index in [1.807, 2.05) is 32.9 Å². The van der Waals surface area contributed by atoms with Crippen molar-refractivity contribution in [3.05, 3.63) is 29.8 Å². The summed E-state index contributed by atoms with van der Waals surface area (Å²) in [7, 11) is 1.31. The van der Waals surface area contributed by atoms with Crippen molar-refractivity contribution in [3.63, 3.8) is 0 Å². The van der Waals surface area contributed by atoms with Gasteiger partial charge in [-0.1, -0.05) is 18.2 Å². The van der Waals surface area contributed by atoms with Crippen LogP contribution in [0.1, 0.15) is 32.4 Å². The third-order valence-corrected chi connectivity index (χ3v) is 2.13. The highest BCUT2D eigenvalue weighted by molar-refractivity contribution is 5.85. The summed E-state index contributed by atoms with van der Waals surface area (Å²) in [6, 6.07) is 6.40. The molecule has 18 heavy (non-hydrogen) atoms. The molecule has 0 aliphatic carbocycles. The Hall–Kier alpha value is -1.26. The van der Waals surface area contributed by atoms with Gasteiger partial charge in [-0.15, -0.1) is 12.4 Å². The second-order valence-corrected chi connectivity index (χ2v) is 4.75. The Balaban J connectivity index is 0.00000289. The van der Waals surface area contributed by atoms with Crippen LogP contribution in [0.2, 0.25) is 0 Å². The summed E-state index contributed by atoms with van der Waals surface area (Å²) in [6.07, 6.45) is 0. The molecule has 0 amide bonds. The number of methoxy groups -OCH3 is 1. The Bertz CT molecular complexity index is 401. The molecule has 0 spiro atoms. The number of para-hydroxylation sites is 1. The van der Waals surface area contributed by atoms with Crippen LogP contribution in [0, 0.1) is 0 Å². The van der Waals surface area contributed by atoms with Crippen LogP contribution in [0.5, 0.6) is 5.75 Å². The van der Waals surface area contributed by atoms with Crippen LogP contribution in [0.15, 0.2) is 24.3 Å². The van der Waals surface area contributed by atoms with Gasteiger partial charge < -0.3 is 15.2 Å². The van der Waals surface area contributed by atoms with Crippen molar-refractivity contribution in [2.45, 2.75) is 32.4 Å². The van der Waals surface area contributed by atoms with Crippen molar-refractivity contribution in [3.8, 4) is 5.75 Å². The van der Waals surface area contributed by atoms with E-state index in [4.69, 9.17) is 10.5 Å². The zero-order chi connectivity index (χ0) is 13.1. The van der Waals surface area contributed by atoms with E-state index >= 15 is 0 Å². The Kier molecular flexibility index (Phi) is 6.15. The fourth-order valence-corrected chi connectivity index (χ4v) is 1.41. The molecular weight excluding hydrogens is 254 g/mol. The minimum atomic E-state index is -0.821. The fraction of sp³-hybridized carbons (Fsp3) is 0.462. The highest BCUT2D eigenvalue weighted by atomic mass is 35.5. The van der Waals surface area contributed by atoms with Gasteiger partial charge in [0.1, 0.15) is 17.4 Å². The highest BCUT2D eigenvalue weighted by Gasteiger charge is 2.22. The topological polar surface area (TPSA) is 61.5 Å². The number of benzene rings is 1. The van der Waals surface area contributed by atoms with E-state index < -0.39 is 12.0 Å². The van der Waals surface area contributed by atoms with Crippen molar-refractivity contribution < 1.29 is 14.3 Å². The number of hydrogen-bond acceptors (Lipinski definition) is 4. The van der Waals surface area contributed by atoms with E-state index in [1.165, 1.54) is 7.11 Å². The van der Waals surface area contributed by atoms with Gasteiger partial charge in [0, 0.05) is 5.56 Å². The molecule has 0 bridgehead atoms. The molecule has 0 aromatic heterocycles. The first-order chi connectivity index (χ1) is 7.85. The summed E-state index contributed by atoms with van der Waals surface area (Å²) in [5.74, 6) is 0.132. The summed E-state index contributed by atoms with van der Waals surface area (Å²) < 4.78 is 10.4. The molecule has 0 heterocycles. The zero-order valence-corrected chi connectivity index (χ0v) is 11.9. The maximum Gasteiger partial charge on any atom is 0.327 e. The smallest absolute Gasteiger partial charge is 0.327 e. The van der Waals surface area contributed by atoms with Crippen LogP contribution in [0.4, 0.5) is 0 Å². The van der Waals surface area contributed by atoms with Crippen molar-refractivity contribution >= 4 is 18.4 Å². The van der Waals surface area contributed by atoms with Crippen LogP contribution < -0.4 is 10.5 Å². The maximum absolute atomic E-state index is 11.4. The quantitative estimate of drug-likeness (QED) is 0.860. The summed E-state index contributed by atoms with van der Waals surface area (Å²) >= 11 is 0. The van der Waals surface area contributed by atoms with Crippen molar-refractivity contribution in [2.75, 3.05) is 7.11 Å². The predicted octanol–water partition coefficient (Wildman–Crippen LogP) is 2.46. The average Bonchev–Trinajstić information content (AvgIpc) is 2.25. The van der Waals surface area contributed by atoms with E-state index in [1.54, 1.807) is 12.1 Å². The number of hydrogen-bond donors (Lipinski definition) is 1. The molecule has 0 aliphatic rings. The molecule has 0 saturated heterocycles. The van der Waals surface area contributed by atoms with Gasteiger partial charge in [0.2, 0.25) is 0 Å². The van der Waals surface area contributed by atoms with Gasteiger partial charge in [-0.3, -0.25) is 4.79 Å². The molecule has 0 radical (unpaired) electrons. The van der Waals surface area contributed by atoms with E-state index in [0.29, 0.717) is 11.3 Å². The van der Waals surface area contributed by atoms with Gasteiger partial charge in [-0.05, 0) is 26.8 Å². The number of esters is 1.